The number of hydrogen-bond donors (Lipinski definition) is 3. The van der Waals surface area contributed by atoms with Crippen molar-refractivity contribution in [2.45, 2.75) is 39.0 Å². The first-order valence-corrected chi connectivity index (χ1v) is 9.65. The van der Waals surface area contributed by atoms with Gasteiger partial charge >= 0.3 is 0 Å². The molecule has 0 aliphatic carbocycles. The highest BCUT2D eigenvalue weighted by Gasteiger charge is 2.29. The molecule has 28 heavy (non-hydrogen) atoms. The number of aromatic nitrogens is 1. The van der Waals surface area contributed by atoms with Crippen LogP contribution < -0.4 is 20.9 Å². The van der Waals surface area contributed by atoms with Gasteiger partial charge in [-0.1, -0.05) is 18.2 Å². The smallest absolute Gasteiger partial charge is 0.252 e. The van der Waals surface area contributed by atoms with Crippen LogP contribution in [0.2, 0.25) is 0 Å². The summed E-state index contributed by atoms with van der Waals surface area (Å²) in [4.78, 5) is 12.6. The lowest BCUT2D eigenvalue weighted by Gasteiger charge is -2.14. The molecule has 0 radical (unpaired) electrons. The van der Waals surface area contributed by atoms with Gasteiger partial charge in [0.25, 0.3) is 5.91 Å². The molecule has 6 nitrogen and oxygen atoms in total. The summed E-state index contributed by atoms with van der Waals surface area (Å²) < 4.78 is 7.66. The van der Waals surface area contributed by atoms with Crippen LogP contribution >= 0.6 is 0 Å². The summed E-state index contributed by atoms with van der Waals surface area (Å²) in [7, 11) is 1.68. The minimum atomic E-state index is -0.130. The van der Waals surface area contributed by atoms with E-state index in [9.17, 15) is 4.79 Å². The molecule has 2 unspecified atom stereocenters. The van der Waals surface area contributed by atoms with E-state index in [1.165, 1.54) is 11.2 Å². The molecule has 6 heteroatoms. The topological polar surface area (TPSA) is 67.3 Å². The Labute approximate surface area is 164 Å². The van der Waals surface area contributed by atoms with Crippen LogP contribution in [0.25, 0.3) is 10.9 Å². The Kier molecular flexibility index (Phi) is 5.07. The Morgan fingerprint density at radius 1 is 1.21 bits per heavy atom. The van der Waals surface area contributed by atoms with Crippen LogP contribution in [0.5, 0.6) is 5.75 Å². The lowest BCUT2D eigenvalue weighted by atomic mass is 10.1. The monoisotopic (exact) mass is 378 g/mol. The number of nitrogens with zero attached hydrogens (tertiary/aromatic N) is 1. The van der Waals surface area contributed by atoms with Gasteiger partial charge in [-0.25, -0.2) is 10.9 Å². The summed E-state index contributed by atoms with van der Waals surface area (Å²) in [5.41, 5.74) is 10.6. The van der Waals surface area contributed by atoms with Crippen LogP contribution in [-0.2, 0) is 6.54 Å². The van der Waals surface area contributed by atoms with Gasteiger partial charge in [0.1, 0.15) is 5.75 Å². The molecule has 3 aromatic rings. The average Bonchev–Trinajstić information content (AvgIpc) is 3.31. The Morgan fingerprint density at radius 2 is 2.04 bits per heavy atom. The lowest BCUT2D eigenvalue weighted by Crippen LogP contribution is -2.44. The van der Waals surface area contributed by atoms with Gasteiger partial charge < -0.3 is 14.6 Å². The molecule has 2 heterocycles. The van der Waals surface area contributed by atoms with Gasteiger partial charge in [0.15, 0.2) is 0 Å². The zero-order valence-corrected chi connectivity index (χ0v) is 16.5. The number of benzene rings is 2. The number of rotatable bonds is 5. The van der Waals surface area contributed by atoms with Crippen LogP contribution in [0, 0.1) is 6.92 Å². The number of nitrogens with one attached hydrogen (secondary N) is 3. The van der Waals surface area contributed by atoms with Crippen molar-refractivity contribution >= 4 is 16.8 Å². The van der Waals surface area contributed by atoms with E-state index in [4.69, 9.17) is 4.74 Å². The van der Waals surface area contributed by atoms with Gasteiger partial charge in [-0.2, -0.15) is 0 Å². The second-order valence-electron chi connectivity index (χ2n) is 7.16. The third-order valence-electron chi connectivity index (χ3n) is 5.41. The van der Waals surface area contributed by atoms with Gasteiger partial charge in [0, 0.05) is 35.1 Å². The number of fused-ring (bicyclic) bond motifs is 1. The van der Waals surface area contributed by atoms with Crippen molar-refractivity contribution < 1.29 is 9.53 Å². The Morgan fingerprint density at radius 3 is 2.79 bits per heavy atom. The van der Waals surface area contributed by atoms with Crippen molar-refractivity contribution in [1.82, 2.24) is 20.7 Å². The molecule has 1 fully saturated rings. The number of amides is 1. The highest BCUT2D eigenvalue weighted by Crippen LogP contribution is 2.30. The summed E-state index contributed by atoms with van der Waals surface area (Å²) in [5.74, 6) is 0.798. The maximum atomic E-state index is 12.6. The quantitative estimate of drug-likeness (QED) is 0.637. The van der Waals surface area contributed by atoms with Crippen LogP contribution in [0.15, 0.2) is 48.5 Å². The molecular weight excluding hydrogens is 352 g/mol. The van der Waals surface area contributed by atoms with E-state index in [1.807, 2.05) is 37.3 Å². The second kappa shape index (κ2) is 7.66. The largest absolute Gasteiger partial charge is 0.497 e. The molecule has 1 saturated heterocycles. The molecule has 1 aliphatic rings. The summed E-state index contributed by atoms with van der Waals surface area (Å²) in [6.45, 7) is 4.97. The van der Waals surface area contributed by atoms with Gasteiger partial charge in [-0.15, -0.1) is 0 Å². The van der Waals surface area contributed by atoms with Gasteiger partial charge in [-0.3, -0.25) is 4.79 Å². The third-order valence-corrected chi connectivity index (χ3v) is 5.41. The highest BCUT2D eigenvalue weighted by molar-refractivity contribution is 5.95. The fraction of sp³-hybridized carbons (Fsp3) is 0.318. The van der Waals surface area contributed by atoms with Gasteiger partial charge in [-0.05, 0) is 49.7 Å². The van der Waals surface area contributed by atoms with E-state index < -0.39 is 0 Å². The maximum absolute atomic E-state index is 12.6. The minimum Gasteiger partial charge on any atom is -0.497 e. The van der Waals surface area contributed by atoms with Crippen LogP contribution in [-0.4, -0.2) is 23.7 Å². The maximum Gasteiger partial charge on any atom is 0.252 e. The van der Waals surface area contributed by atoms with Crippen molar-refractivity contribution in [3.05, 3.63) is 65.4 Å². The summed E-state index contributed by atoms with van der Waals surface area (Å²) in [6, 6.07) is 16.1. The lowest BCUT2D eigenvalue weighted by molar-refractivity contribution is 0.0931. The second-order valence-corrected chi connectivity index (χ2v) is 7.16. The van der Waals surface area contributed by atoms with Gasteiger partial charge in [0.2, 0.25) is 0 Å². The van der Waals surface area contributed by atoms with Crippen LogP contribution in [0.3, 0.4) is 0 Å². The predicted octanol–water partition coefficient (Wildman–Crippen LogP) is 3.27. The molecule has 3 N–H and O–H groups in total. The number of carbonyl (C=O) groups excluding carboxylic acids is 1. The first kappa shape index (κ1) is 18.5. The number of methoxy groups -OCH3 is 1. The predicted molar refractivity (Wildman–Crippen MR) is 110 cm³/mol. The molecule has 2 atom stereocenters. The molecule has 146 valence electrons. The SMILES string of the molecule is CCn1c(C2CC(NC(=O)c3ccccc3C)NN2)cc2cc(OC)ccc21. The molecule has 0 saturated carbocycles. The van der Waals surface area contributed by atoms with E-state index in [2.05, 4.69) is 45.9 Å². The van der Waals surface area contributed by atoms with Crippen molar-refractivity contribution in [1.29, 1.82) is 0 Å². The zero-order chi connectivity index (χ0) is 19.7. The average molecular weight is 378 g/mol. The van der Waals surface area contributed by atoms with Crippen molar-refractivity contribution in [3.8, 4) is 5.75 Å². The van der Waals surface area contributed by atoms with E-state index in [0.29, 0.717) is 5.56 Å². The highest BCUT2D eigenvalue weighted by atomic mass is 16.5. The molecule has 1 aromatic heterocycles. The number of ether oxygens (including phenoxy) is 1. The van der Waals surface area contributed by atoms with E-state index in [0.717, 1.165) is 29.7 Å². The molecule has 4 rings (SSSR count). The van der Waals surface area contributed by atoms with Crippen molar-refractivity contribution in [2.24, 2.45) is 0 Å². The molecule has 2 aromatic carbocycles. The molecule has 1 aliphatic heterocycles. The standard InChI is InChI=1S/C22H26N4O2/c1-4-26-19-10-9-16(28-3)11-15(19)12-20(26)18-13-21(25-24-18)23-22(27)17-8-6-5-7-14(17)2/h5-12,18,21,24-25H,4,13H2,1-3H3,(H,23,27). The Hall–Kier alpha value is -2.83. The van der Waals surface area contributed by atoms with Crippen molar-refractivity contribution in [3.63, 3.8) is 0 Å². The fourth-order valence-corrected chi connectivity index (χ4v) is 3.95. The summed E-state index contributed by atoms with van der Waals surface area (Å²) >= 11 is 0. The van der Waals surface area contributed by atoms with Crippen LogP contribution in [0.1, 0.15) is 41.0 Å². The first-order valence-electron chi connectivity index (χ1n) is 9.65. The molecule has 0 spiro atoms. The third kappa shape index (κ3) is 3.37. The summed E-state index contributed by atoms with van der Waals surface area (Å²) in [6.07, 6.45) is 0.639. The van der Waals surface area contributed by atoms with E-state index >= 15 is 0 Å². The van der Waals surface area contributed by atoms with Crippen molar-refractivity contribution in [2.75, 3.05) is 7.11 Å². The zero-order valence-electron chi connectivity index (χ0n) is 16.5. The van der Waals surface area contributed by atoms with E-state index in [-0.39, 0.29) is 18.1 Å². The molecule has 1 amide bonds. The number of aryl methyl sites for hydroxylation is 2. The number of carbonyl (C=O) groups is 1. The summed E-state index contributed by atoms with van der Waals surface area (Å²) in [5, 5.41) is 4.24. The molecular formula is C22H26N4O2. The normalized spacial score (nSPS) is 19.1. The van der Waals surface area contributed by atoms with Gasteiger partial charge in [0.05, 0.1) is 19.3 Å². The Bertz CT molecular complexity index is 1010. The van der Waals surface area contributed by atoms with Crippen LogP contribution in [0.4, 0.5) is 0 Å². The Balaban J connectivity index is 1.52. The number of hydrogen-bond acceptors (Lipinski definition) is 4. The first-order chi connectivity index (χ1) is 13.6. The minimum absolute atomic E-state index is 0.0566. The fourth-order valence-electron chi connectivity index (χ4n) is 3.95. The van der Waals surface area contributed by atoms with E-state index in [1.54, 1.807) is 7.11 Å². The molecule has 0 bridgehead atoms. The number of hydrazine groups is 1.